The number of fused-ring (bicyclic) bond motifs is 2. The van der Waals surface area contributed by atoms with Gasteiger partial charge in [0, 0.05) is 5.56 Å². The van der Waals surface area contributed by atoms with Crippen LogP contribution in [0.15, 0.2) is 99.9 Å². The molecule has 0 aliphatic carbocycles. The fraction of sp³-hybridized carbons (Fsp3) is 0.194. The van der Waals surface area contributed by atoms with Crippen LogP contribution in [0.2, 0.25) is 10.0 Å². The average Bonchev–Trinajstić information content (AvgIpc) is 3.34. The van der Waals surface area contributed by atoms with Gasteiger partial charge in [-0.05, 0) is 64.6 Å². The number of methoxy groups -OCH3 is 1. The Kier molecular flexibility index (Phi) is 8.69. The minimum Gasteiger partial charge on any atom is -0.488 e. The highest BCUT2D eigenvalue weighted by molar-refractivity contribution is 7.07. The quantitative estimate of drug-likeness (QED) is 0.169. The largest absolute Gasteiger partial charge is 0.488 e. The highest BCUT2D eigenvalue weighted by Gasteiger charge is 2.33. The zero-order valence-corrected chi connectivity index (χ0v) is 27.5. The number of halogens is 2. The maximum absolute atomic E-state index is 14.3. The molecule has 0 N–H and O–H groups in total. The number of benzene rings is 4. The lowest BCUT2D eigenvalue weighted by Gasteiger charge is -2.24. The number of carbonyl (C=O) groups is 1. The number of nitrogens with zero attached hydrogens (tertiary/aromatic N) is 2. The van der Waals surface area contributed by atoms with Crippen molar-refractivity contribution in [3.8, 4) is 5.75 Å². The number of esters is 1. The average molecular weight is 658 g/mol. The van der Waals surface area contributed by atoms with E-state index in [4.69, 9.17) is 37.7 Å². The molecule has 0 spiro atoms. The molecule has 6 nitrogen and oxygen atoms in total. The summed E-state index contributed by atoms with van der Waals surface area (Å²) in [7, 11) is 1.34. The Morgan fingerprint density at radius 1 is 1.02 bits per heavy atom. The summed E-state index contributed by atoms with van der Waals surface area (Å²) in [5.41, 5.74) is 4.19. The van der Waals surface area contributed by atoms with Gasteiger partial charge in [0.05, 0.1) is 39.0 Å². The van der Waals surface area contributed by atoms with Crippen molar-refractivity contribution in [2.24, 2.45) is 4.99 Å². The second-order valence-electron chi connectivity index (χ2n) is 11.1. The molecule has 1 unspecified atom stereocenters. The van der Waals surface area contributed by atoms with Gasteiger partial charge in [-0.15, -0.1) is 0 Å². The van der Waals surface area contributed by atoms with Crippen LogP contribution in [-0.2, 0) is 16.1 Å². The number of thiazole rings is 1. The normalized spacial score (nSPS) is 14.9. The number of allylic oxidation sites excluding steroid dienone is 1. The topological polar surface area (TPSA) is 69.9 Å². The van der Waals surface area contributed by atoms with E-state index in [-0.39, 0.29) is 12.2 Å². The second-order valence-corrected chi connectivity index (χ2v) is 13.0. The van der Waals surface area contributed by atoms with Crippen LogP contribution in [-0.4, -0.2) is 17.6 Å². The first-order valence-corrected chi connectivity index (χ1v) is 16.0. The lowest BCUT2D eigenvalue weighted by atomic mass is 9.93. The third-order valence-corrected chi connectivity index (χ3v) is 9.65. The summed E-state index contributed by atoms with van der Waals surface area (Å²) in [6, 6.07) is 24.5. The van der Waals surface area contributed by atoms with Gasteiger partial charge in [-0.2, -0.15) is 0 Å². The van der Waals surface area contributed by atoms with E-state index in [1.807, 2.05) is 72.8 Å². The van der Waals surface area contributed by atoms with E-state index < -0.39 is 12.0 Å². The predicted octanol–water partition coefficient (Wildman–Crippen LogP) is 7.57. The van der Waals surface area contributed by atoms with Gasteiger partial charge in [0.2, 0.25) is 0 Å². The number of ether oxygens (including phenoxy) is 2. The molecule has 0 fully saturated rings. The molecular weight excluding hydrogens is 627 g/mol. The Labute approximate surface area is 274 Å². The van der Waals surface area contributed by atoms with Crippen molar-refractivity contribution >= 4 is 57.4 Å². The fourth-order valence-electron chi connectivity index (χ4n) is 5.54. The van der Waals surface area contributed by atoms with Crippen LogP contribution in [0.1, 0.15) is 55.0 Å². The van der Waals surface area contributed by atoms with Crippen molar-refractivity contribution in [3.05, 3.63) is 142 Å². The summed E-state index contributed by atoms with van der Waals surface area (Å²) in [6.45, 7) is 6.28. The van der Waals surface area contributed by atoms with Crippen molar-refractivity contribution in [2.45, 2.75) is 39.3 Å². The predicted molar refractivity (Wildman–Crippen MR) is 181 cm³/mol. The first kappa shape index (κ1) is 30.8. The molecule has 9 heteroatoms. The second kappa shape index (κ2) is 12.7. The molecule has 6 rings (SSSR count). The molecule has 0 saturated heterocycles. The molecule has 0 saturated carbocycles. The minimum atomic E-state index is -0.685. The van der Waals surface area contributed by atoms with Gasteiger partial charge in [-0.25, -0.2) is 9.79 Å². The standard InChI is InChI=1S/C36H30Cl2N2O4S/c1-20(2)23-10-12-25(13-11-23)33-32(35(42)43-4)21(3)39-36-40(33)34(41)31(45-36)18-27-26-8-6-5-7-24(26)14-16-30(27)44-19-22-9-15-28(37)29(38)17-22/h5-18,20,33H,19H2,1-4H3. The smallest absolute Gasteiger partial charge is 0.338 e. The van der Waals surface area contributed by atoms with E-state index in [1.54, 1.807) is 23.6 Å². The summed E-state index contributed by atoms with van der Waals surface area (Å²) in [5.74, 6) is 0.431. The highest BCUT2D eigenvalue weighted by atomic mass is 35.5. The molecule has 1 aromatic heterocycles. The Balaban J connectivity index is 1.51. The van der Waals surface area contributed by atoms with Crippen LogP contribution < -0.4 is 19.6 Å². The van der Waals surface area contributed by atoms with Gasteiger partial charge in [0.25, 0.3) is 5.56 Å². The van der Waals surface area contributed by atoms with Gasteiger partial charge in [0.15, 0.2) is 4.80 Å². The molecular formula is C36H30Cl2N2O4S. The molecule has 2 heterocycles. The lowest BCUT2D eigenvalue weighted by molar-refractivity contribution is -0.136. The van der Waals surface area contributed by atoms with Crippen molar-refractivity contribution < 1.29 is 14.3 Å². The molecule has 1 aliphatic rings. The van der Waals surface area contributed by atoms with E-state index in [0.29, 0.717) is 42.3 Å². The van der Waals surface area contributed by atoms with E-state index in [2.05, 4.69) is 13.8 Å². The van der Waals surface area contributed by atoms with Crippen LogP contribution in [0.5, 0.6) is 5.75 Å². The van der Waals surface area contributed by atoms with Crippen molar-refractivity contribution in [3.63, 3.8) is 0 Å². The van der Waals surface area contributed by atoms with Gasteiger partial charge < -0.3 is 9.47 Å². The molecule has 4 aromatic carbocycles. The molecule has 0 bridgehead atoms. The summed E-state index contributed by atoms with van der Waals surface area (Å²) >= 11 is 13.6. The van der Waals surface area contributed by atoms with E-state index in [9.17, 15) is 9.59 Å². The first-order chi connectivity index (χ1) is 21.7. The first-order valence-electron chi connectivity index (χ1n) is 14.5. The molecule has 0 radical (unpaired) electrons. The molecule has 1 aliphatic heterocycles. The number of hydrogen-bond acceptors (Lipinski definition) is 6. The van der Waals surface area contributed by atoms with Gasteiger partial charge in [-0.3, -0.25) is 9.36 Å². The number of hydrogen-bond donors (Lipinski definition) is 0. The van der Waals surface area contributed by atoms with Crippen LogP contribution in [0.4, 0.5) is 0 Å². The van der Waals surface area contributed by atoms with Crippen LogP contribution in [0.3, 0.4) is 0 Å². The van der Waals surface area contributed by atoms with E-state index >= 15 is 0 Å². The number of carbonyl (C=O) groups excluding carboxylic acids is 1. The van der Waals surface area contributed by atoms with Crippen molar-refractivity contribution in [1.82, 2.24) is 4.57 Å². The molecule has 45 heavy (non-hydrogen) atoms. The number of rotatable bonds is 7. The summed E-state index contributed by atoms with van der Waals surface area (Å²) in [6.07, 6.45) is 1.85. The third-order valence-electron chi connectivity index (χ3n) is 7.93. The molecule has 0 amide bonds. The molecule has 228 valence electrons. The Morgan fingerprint density at radius 2 is 1.78 bits per heavy atom. The lowest BCUT2D eigenvalue weighted by Crippen LogP contribution is -2.39. The van der Waals surface area contributed by atoms with Gasteiger partial charge in [-0.1, -0.05) is 109 Å². The van der Waals surface area contributed by atoms with Crippen LogP contribution >= 0.6 is 34.5 Å². The third kappa shape index (κ3) is 5.96. The Bertz CT molecular complexity index is 2160. The van der Waals surface area contributed by atoms with E-state index in [1.165, 1.54) is 18.4 Å². The van der Waals surface area contributed by atoms with Gasteiger partial charge in [0.1, 0.15) is 12.4 Å². The molecule has 5 aromatic rings. The van der Waals surface area contributed by atoms with Crippen molar-refractivity contribution in [1.29, 1.82) is 0 Å². The van der Waals surface area contributed by atoms with Crippen LogP contribution in [0, 0.1) is 0 Å². The van der Waals surface area contributed by atoms with Crippen molar-refractivity contribution in [2.75, 3.05) is 7.11 Å². The highest BCUT2D eigenvalue weighted by Crippen LogP contribution is 2.33. The van der Waals surface area contributed by atoms with Crippen LogP contribution in [0.25, 0.3) is 16.8 Å². The molecule has 1 atom stereocenters. The SMILES string of the molecule is COC(=O)C1=C(C)N=c2sc(=Cc3c(OCc4ccc(Cl)c(Cl)c4)ccc4ccccc34)c(=O)n2C1c1ccc(C(C)C)cc1. The Hall–Kier alpha value is -4.17. The summed E-state index contributed by atoms with van der Waals surface area (Å²) in [5, 5.41) is 2.86. The maximum Gasteiger partial charge on any atom is 0.338 e. The van der Waals surface area contributed by atoms with E-state index in [0.717, 1.165) is 33.0 Å². The van der Waals surface area contributed by atoms with Gasteiger partial charge >= 0.3 is 5.97 Å². The zero-order valence-electron chi connectivity index (χ0n) is 25.1. The summed E-state index contributed by atoms with van der Waals surface area (Å²) < 4.78 is 13.5. The Morgan fingerprint density at radius 3 is 2.49 bits per heavy atom. The fourth-order valence-corrected chi connectivity index (χ4v) is 6.89. The minimum absolute atomic E-state index is 0.255. The maximum atomic E-state index is 14.3. The summed E-state index contributed by atoms with van der Waals surface area (Å²) in [4.78, 5) is 32.6. The monoisotopic (exact) mass is 656 g/mol. The zero-order chi connectivity index (χ0) is 31.8. The number of aromatic nitrogens is 1.